The van der Waals surface area contributed by atoms with Crippen LogP contribution < -0.4 is 24.7 Å². The smallest absolute Gasteiger partial charge is 0.161 e. The Morgan fingerprint density at radius 1 is 1.00 bits per heavy atom. The van der Waals surface area contributed by atoms with Crippen molar-refractivity contribution < 1.29 is 18.9 Å². The van der Waals surface area contributed by atoms with Crippen LogP contribution in [-0.2, 0) is 6.42 Å². The van der Waals surface area contributed by atoms with Gasteiger partial charge in [-0.1, -0.05) is 12.1 Å². The third kappa shape index (κ3) is 3.41. The summed E-state index contributed by atoms with van der Waals surface area (Å²) in [5.74, 6) is 3.31. The van der Waals surface area contributed by atoms with E-state index in [9.17, 15) is 0 Å². The normalized spacial score (nSPS) is 14.1. The molecule has 0 fully saturated rings. The molecule has 0 radical (unpaired) electrons. The lowest BCUT2D eigenvalue weighted by atomic mass is 9.91. The highest BCUT2D eigenvalue weighted by molar-refractivity contribution is 5.46. The van der Waals surface area contributed by atoms with Crippen LogP contribution in [0.15, 0.2) is 36.4 Å². The molecule has 128 valence electrons. The maximum absolute atomic E-state index is 6.04. The number of hydrogen-bond donors (Lipinski definition) is 1. The van der Waals surface area contributed by atoms with Crippen molar-refractivity contribution in [1.29, 1.82) is 0 Å². The van der Waals surface area contributed by atoms with Gasteiger partial charge in [-0.2, -0.15) is 0 Å². The third-order valence-electron chi connectivity index (χ3n) is 4.25. The Morgan fingerprint density at radius 2 is 1.79 bits per heavy atom. The maximum atomic E-state index is 6.04. The Morgan fingerprint density at radius 3 is 2.50 bits per heavy atom. The van der Waals surface area contributed by atoms with Gasteiger partial charge in [0.1, 0.15) is 24.7 Å². The van der Waals surface area contributed by atoms with Crippen molar-refractivity contribution in [1.82, 2.24) is 0 Å². The van der Waals surface area contributed by atoms with Crippen molar-refractivity contribution in [3.63, 3.8) is 0 Å². The number of benzene rings is 2. The summed E-state index contributed by atoms with van der Waals surface area (Å²) in [6, 6.07) is 11.9. The molecule has 0 aliphatic carbocycles. The summed E-state index contributed by atoms with van der Waals surface area (Å²) in [6.07, 6.45) is 0.801. The van der Waals surface area contributed by atoms with E-state index in [0.29, 0.717) is 19.8 Å². The lowest BCUT2D eigenvalue weighted by molar-refractivity contribution is 0.171. The number of nitrogens with two attached hydrogens (primary N) is 1. The van der Waals surface area contributed by atoms with E-state index in [1.165, 1.54) is 0 Å². The zero-order valence-electron chi connectivity index (χ0n) is 14.1. The van der Waals surface area contributed by atoms with Gasteiger partial charge in [0.05, 0.1) is 14.2 Å². The Kier molecular flexibility index (Phi) is 5.11. The minimum Gasteiger partial charge on any atom is -0.497 e. The molecule has 0 spiro atoms. The molecule has 0 amide bonds. The van der Waals surface area contributed by atoms with E-state index in [1.54, 1.807) is 14.2 Å². The van der Waals surface area contributed by atoms with Gasteiger partial charge in [0.25, 0.3) is 0 Å². The van der Waals surface area contributed by atoms with Crippen LogP contribution in [0, 0.1) is 0 Å². The predicted octanol–water partition coefficient (Wildman–Crippen LogP) is 2.76. The van der Waals surface area contributed by atoms with Crippen LogP contribution in [0.2, 0.25) is 0 Å². The van der Waals surface area contributed by atoms with Crippen LogP contribution in [0.4, 0.5) is 0 Å². The van der Waals surface area contributed by atoms with E-state index >= 15 is 0 Å². The van der Waals surface area contributed by atoms with E-state index in [4.69, 9.17) is 24.7 Å². The quantitative estimate of drug-likeness (QED) is 0.883. The van der Waals surface area contributed by atoms with Crippen LogP contribution in [0.5, 0.6) is 23.0 Å². The van der Waals surface area contributed by atoms with E-state index in [2.05, 4.69) is 6.07 Å². The van der Waals surface area contributed by atoms with E-state index < -0.39 is 0 Å². The fourth-order valence-corrected chi connectivity index (χ4v) is 2.98. The molecular formula is C19H23NO4. The van der Waals surface area contributed by atoms with Crippen molar-refractivity contribution in [2.75, 3.05) is 34.0 Å². The maximum Gasteiger partial charge on any atom is 0.161 e. The second-order valence-corrected chi connectivity index (χ2v) is 5.72. The second kappa shape index (κ2) is 7.45. The Labute approximate surface area is 142 Å². The molecule has 1 heterocycles. The molecule has 1 aliphatic rings. The highest BCUT2D eigenvalue weighted by Gasteiger charge is 2.18. The molecule has 2 N–H and O–H groups in total. The average molecular weight is 329 g/mol. The van der Waals surface area contributed by atoms with Crippen LogP contribution in [-0.4, -0.2) is 34.0 Å². The van der Waals surface area contributed by atoms with Crippen LogP contribution >= 0.6 is 0 Å². The molecule has 24 heavy (non-hydrogen) atoms. The molecule has 1 atom stereocenters. The lowest BCUT2D eigenvalue weighted by Gasteiger charge is -2.21. The highest BCUT2D eigenvalue weighted by atomic mass is 16.6. The van der Waals surface area contributed by atoms with Crippen molar-refractivity contribution in [2.24, 2.45) is 5.73 Å². The zero-order chi connectivity index (χ0) is 16.9. The fourth-order valence-electron chi connectivity index (χ4n) is 2.98. The molecule has 0 bridgehead atoms. The summed E-state index contributed by atoms with van der Waals surface area (Å²) >= 11 is 0. The Balaban J connectivity index is 1.84. The lowest BCUT2D eigenvalue weighted by Crippen LogP contribution is -2.17. The van der Waals surface area contributed by atoms with E-state index in [0.717, 1.165) is 40.5 Å². The van der Waals surface area contributed by atoms with Crippen molar-refractivity contribution in [3.8, 4) is 23.0 Å². The number of ether oxygens (including phenoxy) is 4. The highest BCUT2D eigenvalue weighted by Crippen LogP contribution is 2.35. The second-order valence-electron chi connectivity index (χ2n) is 5.72. The molecule has 0 aromatic heterocycles. The summed E-state index contributed by atoms with van der Waals surface area (Å²) in [5.41, 5.74) is 8.28. The first-order chi connectivity index (χ1) is 11.7. The van der Waals surface area contributed by atoms with Crippen molar-refractivity contribution >= 4 is 0 Å². The molecular weight excluding hydrogens is 306 g/mol. The Bertz CT molecular complexity index is 702. The van der Waals surface area contributed by atoms with Gasteiger partial charge in [-0.25, -0.2) is 0 Å². The largest absolute Gasteiger partial charge is 0.497 e. The average Bonchev–Trinajstić information content (AvgIpc) is 2.65. The minimum atomic E-state index is 0.147. The first-order valence-corrected chi connectivity index (χ1v) is 8.05. The molecule has 5 nitrogen and oxygen atoms in total. The van der Waals surface area contributed by atoms with E-state index in [1.807, 2.05) is 30.3 Å². The molecule has 3 rings (SSSR count). The molecule has 2 aromatic rings. The summed E-state index contributed by atoms with van der Waals surface area (Å²) in [4.78, 5) is 0. The number of rotatable bonds is 6. The van der Waals surface area contributed by atoms with Crippen LogP contribution in [0.3, 0.4) is 0 Å². The van der Waals surface area contributed by atoms with Gasteiger partial charge in [0.2, 0.25) is 0 Å². The summed E-state index contributed by atoms with van der Waals surface area (Å²) in [6.45, 7) is 1.71. The molecule has 2 aromatic carbocycles. The molecule has 1 unspecified atom stereocenters. The summed E-state index contributed by atoms with van der Waals surface area (Å²) in [5, 5.41) is 0. The van der Waals surface area contributed by atoms with Crippen LogP contribution in [0.1, 0.15) is 17.0 Å². The number of hydrogen-bond acceptors (Lipinski definition) is 5. The minimum absolute atomic E-state index is 0.147. The molecule has 5 heteroatoms. The fraction of sp³-hybridized carbons (Fsp3) is 0.368. The van der Waals surface area contributed by atoms with Gasteiger partial charge >= 0.3 is 0 Å². The van der Waals surface area contributed by atoms with E-state index in [-0.39, 0.29) is 5.92 Å². The van der Waals surface area contributed by atoms with Gasteiger partial charge in [0, 0.05) is 12.0 Å². The summed E-state index contributed by atoms with van der Waals surface area (Å²) in [7, 11) is 3.31. The molecule has 0 saturated heterocycles. The third-order valence-corrected chi connectivity index (χ3v) is 4.25. The predicted molar refractivity (Wildman–Crippen MR) is 92.5 cm³/mol. The SMILES string of the molecule is COc1ccc(C(CN)Cc2ccc3c(c2)OCCO3)c(OC)c1. The standard InChI is InChI=1S/C19H23NO4/c1-21-15-4-5-16(18(11-15)22-2)14(12-20)9-13-3-6-17-19(10-13)24-8-7-23-17/h3-6,10-11,14H,7-9,12,20H2,1-2H3. The first kappa shape index (κ1) is 16.5. The first-order valence-electron chi connectivity index (χ1n) is 8.05. The van der Waals surface area contributed by atoms with Gasteiger partial charge < -0.3 is 24.7 Å². The molecule has 0 saturated carbocycles. The summed E-state index contributed by atoms with van der Waals surface area (Å²) < 4.78 is 22.0. The van der Waals surface area contributed by atoms with Gasteiger partial charge in [-0.3, -0.25) is 0 Å². The Hall–Kier alpha value is -2.40. The van der Waals surface area contributed by atoms with Gasteiger partial charge in [0.15, 0.2) is 11.5 Å². The van der Waals surface area contributed by atoms with Gasteiger partial charge in [-0.15, -0.1) is 0 Å². The van der Waals surface area contributed by atoms with Gasteiger partial charge in [-0.05, 0) is 42.3 Å². The number of methoxy groups -OCH3 is 2. The zero-order valence-corrected chi connectivity index (χ0v) is 14.1. The van der Waals surface area contributed by atoms with Crippen molar-refractivity contribution in [3.05, 3.63) is 47.5 Å². The number of fused-ring (bicyclic) bond motifs is 1. The van der Waals surface area contributed by atoms with Crippen LogP contribution in [0.25, 0.3) is 0 Å². The van der Waals surface area contributed by atoms with Crippen molar-refractivity contribution in [2.45, 2.75) is 12.3 Å². The monoisotopic (exact) mass is 329 g/mol. The molecule has 1 aliphatic heterocycles. The topological polar surface area (TPSA) is 62.9 Å².